The lowest BCUT2D eigenvalue weighted by molar-refractivity contribution is -0.133. The maximum atomic E-state index is 12.7. The highest BCUT2D eigenvalue weighted by Crippen LogP contribution is 2.31. The van der Waals surface area contributed by atoms with Crippen LogP contribution in [0, 0.1) is 6.92 Å². The van der Waals surface area contributed by atoms with Crippen molar-refractivity contribution in [3.63, 3.8) is 0 Å². The van der Waals surface area contributed by atoms with E-state index < -0.39 is 0 Å². The van der Waals surface area contributed by atoms with Gasteiger partial charge in [-0.05, 0) is 46.3 Å². The molecule has 2 saturated heterocycles. The van der Waals surface area contributed by atoms with Gasteiger partial charge >= 0.3 is 0 Å². The number of rotatable bonds is 3. The number of likely N-dealkylation sites (N-methyl/N-ethyl adjacent to an activating group) is 1. The highest BCUT2D eigenvalue weighted by Gasteiger charge is 2.32. The third-order valence-corrected chi connectivity index (χ3v) is 4.73. The summed E-state index contributed by atoms with van der Waals surface area (Å²) in [7, 11) is 2.15. The van der Waals surface area contributed by atoms with Gasteiger partial charge in [0, 0.05) is 25.7 Å². The zero-order valence-corrected chi connectivity index (χ0v) is 13.6. The molecule has 0 saturated carbocycles. The Kier molecular flexibility index (Phi) is 4.78. The first kappa shape index (κ1) is 15.5. The Morgan fingerprint density at radius 2 is 2.14 bits per heavy atom. The third-order valence-electron chi connectivity index (χ3n) is 4.73. The fraction of sp³-hybridized carbons (Fsp3) is 0.750. The number of amides is 1. The number of hydrogen-bond donors (Lipinski definition) is 0. The minimum atomic E-state index is 0.0969. The number of nitrogens with zero attached hydrogens (tertiary/aromatic N) is 4. The van der Waals surface area contributed by atoms with E-state index in [-0.39, 0.29) is 11.9 Å². The van der Waals surface area contributed by atoms with Gasteiger partial charge in [-0.3, -0.25) is 9.69 Å². The van der Waals surface area contributed by atoms with Crippen molar-refractivity contribution in [1.82, 2.24) is 19.9 Å². The molecule has 0 spiro atoms. The van der Waals surface area contributed by atoms with Crippen molar-refractivity contribution in [3.05, 3.63) is 17.5 Å². The van der Waals surface area contributed by atoms with E-state index in [4.69, 9.17) is 4.52 Å². The molecule has 2 fully saturated rings. The molecule has 0 unspecified atom stereocenters. The molecule has 0 aliphatic carbocycles. The van der Waals surface area contributed by atoms with Crippen LogP contribution in [0.25, 0.3) is 0 Å². The SMILES string of the molecule is Cc1cc([C@@H]2CCCN2C(=O)CN2CCCN(C)CC2)no1. The van der Waals surface area contributed by atoms with Gasteiger partial charge in [-0.25, -0.2) is 0 Å². The molecule has 1 aromatic heterocycles. The van der Waals surface area contributed by atoms with E-state index in [0.29, 0.717) is 6.54 Å². The summed E-state index contributed by atoms with van der Waals surface area (Å²) in [5.74, 6) is 1.04. The summed E-state index contributed by atoms with van der Waals surface area (Å²) in [5.41, 5.74) is 0.902. The van der Waals surface area contributed by atoms with Crippen molar-refractivity contribution < 1.29 is 9.32 Å². The Hall–Kier alpha value is -1.40. The monoisotopic (exact) mass is 306 g/mol. The second-order valence-corrected chi connectivity index (χ2v) is 6.54. The van der Waals surface area contributed by atoms with Crippen molar-refractivity contribution in [2.75, 3.05) is 46.3 Å². The molecule has 2 aliphatic rings. The van der Waals surface area contributed by atoms with Crippen LogP contribution in [0.15, 0.2) is 10.6 Å². The molecule has 6 nitrogen and oxygen atoms in total. The van der Waals surface area contributed by atoms with Crippen LogP contribution in [0.3, 0.4) is 0 Å². The summed E-state index contributed by atoms with van der Waals surface area (Å²) >= 11 is 0. The van der Waals surface area contributed by atoms with Crippen LogP contribution >= 0.6 is 0 Å². The van der Waals surface area contributed by atoms with Crippen LogP contribution in [0.5, 0.6) is 0 Å². The fourth-order valence-corrected chi connectivity index (χ4v) is 3.46. The summed E-state index contributed by atoms with van der Waals surface area (Å²) in [5, 5.41) is 4.11. The Labute approximate surface area is 132 Å². The number of carbonyl (C=O) groups excluding carboxylic acids is 1. The van der Waals surface area contributed by atoms with Crippen LogP contribution in [0.1, 0.15) is 36.8 Å². The van der Waals surface area contributed by atoms with Gasteiger partial charge in [0.2, 0.25) is 5.91 Å². The first-order chi connectivity index (χ1) is 10.6. The van der Waals surface area contributed by atoms with Crippen LogP contribution in [-0.2, 0) is 4.79 Å². The predicted molar refractivity (Wildman–Crippen MR) is 83.5 cm³/mol. The lowest BCUT2D eigenvalue weighted by atomic mass is 10.1. The lowest BCUT2D eigenvalue weighted by Crippen LogP contribution is -2.41. The van der Waals surface area contributed by atoms with Crippen molar-refractivity contribution >= 4 is 5.91 Å². The van der Waals surface area contributed by atoms with Crippen LogP contribution in [-0.4, -0.2) is 72.1 Å². The van der Waals surface area contributed by atoms with Gasteiger partial charge in [0.1, 0.15) is 11.5 Å². The highest BCUT2D eigenvalue weighted by atomic mass is 16.5. The summed E-state index contributed by atoms with van der Waals surface area (Å²) in [6.07, 6.45) is 3.17. The van der Waals surface area contributed by atoms with Crippen molar-refractivity contribution in [2.24, 2.45) is 0 Å². The van der Waals surface area contributed by atoms with Gasteiger partial charge in [0.05, 0.1) is 12.6 Å². The molecular weight excluding hydrogens is 280 g/mol. The number of aryl methyl sites for hydroxylation is 1. The molecule has 122 valence electrons. The van der Waals surface area contributed by atoms with Gasteiger partial charge in [-0.2, -0.15) is 0 Å². The Morgan fingerprint density at radius 3 is 2.91 bits per heavy atom. The Bertz CT molecular complexity index is 516. The summed E-state index contributed by atoms with van der Waals surface area (Å²) in [6, 6.07) is 2.05. The maximum Gasteiger partial charge on any atom is 0.237 e. The van der Waals surface area contributed by atoms with Crippen molar-refractivity contribution in [2.45, 2.75) is 32.2 Å². The van der Waals surface area contributed by atoms with Gasteiger partial charge in [0.25, 0.3) is 0 Å². The van der Waals surface area contributed by atoms with Gasteiger partial charge < -0.3 is 14.3 Å². The minimum Gasteiger partial charge on any atom is -0.361 e. The zero-order chi connectivity index (χ0) is 15.5. The highest BCUT2D eigenvalue weighted by molar-refractivity contribution is 5.79. The smallest absolute Gasteiger partial charge is 0.237 e. The molecule has 3 heterocycles. The predicted octanol–water partition coefficient (Wildman–Crippen LogP) is 1.28. The minimum absolute atomic E-state index is 0.0969. The summed E-state index contributed by atoms with van der Waals surface area (Å²) in [6.45, 7) is 7.41. The molecule has 1 aromatic rings. The van der Waals surface area contributed by atoms with E-state index in [2.05, 4.69) is 22.0 Å². The number of aromatic nitrogens is 1. The van der Waals surface area contributed by atoms with Gasteiger partial charge in [-0.1, -0.05) is 5.16 Å². The average molecular weight is 306 g/mol. The van der Waals surface area contributed by atoms with Crippen LogP contribution in [0.4, 0.5) is 0 Å². The Morgan fingerprint density at radius 1 is 1.27 bits per heavy atom. The average Bonchev–Trinajstić information content (AvgIpc) is 3.08. The van der Waals surface area contributed by atoms with E-state index in [9.17, 15) is 4.79 Å². The number of hydrogen-bond acceptors (Lipinski definition) is 5. The van der Waals surface area contributed by atoms with Crippen molar-refractivity contribution in [1.29, 1.82) is 0 Å². The molecule has 2 aliphatic heterocycles. The zero-order valence-electron chi connectivity index (χ0n) is 13.6. The second kappa shape index (κ2) is 6.79. The molecule has 1 atom stereocenters. The Balaban J connectivity index is 1.61. The molecule has 0 bridgehead atoms. The molecular formula is C16H26N4O2. The van der Waals surface area contributed by atoms with E-state index in [1.165, 1.54) is 0 Å². The van der Waals surface area contributed by atoms with Crippen molar-refractivity contribution in [3.8, 4) is 0 Å². The molecule has 0 radical (unpaired) electrons. The quantitative estimate of drug-likeness (QED) is 0.842. The lowest BCUT2D eigenvalue weighted by Gasteiger charge is -2.27. The molecule has 3 rings (SSSR count). The largest absolute Gasteiger partial charge is 0.361 e. The third kappa shape index (κ3) is 3.50. The molecule has 6 heteroatoms. The van der Waals surface area contributed by atoms with E-state index in [1.54, 1.807) is 0 Å². The second-order valence-electron chi connectivity index (χ2n) is 6.54. The van der Waals surface area contributed by atoms with Crippen LogP contribution < -0.4 is 0 Å². The first-order valence-corrected chi connectivity index (χ1v) is 8.27. The topological polar surface area (TPSA) is 52.8 Å². The summed E-state index contributed by atoms with van der Waals surface area (Å²) in [4.78, 5) is 19.3. The number of likely N-dealkylation sites (tertiary alicyclic amines) is 1. The fourth-order valence-electron chi connectivity index (χ4n) is 3.46. The maximum absolute atomic E-state index is 12.7. The van der Waals surface area contributed by atoms with Gasteiger partial charge in [0.15, 0.2) is 0 Å². The van der Waals surface area contributed by atoms with E-state index >= 15 is 0 Å². The summed E-state index contributed by atoms with van der Waals surface area (Å²) < 4.78 is 5.18. The first-order valence-electron chi connectivity index (χ1n) is 8.27. The molecule has 0 N–H and O–H groups in total. The van der Waals surface area contributed by atoms with Gasteiger partial charge in [-0.15, -0.1) is 0 Å². The molecule has 0 aromatic carbocycles. The molecule has 1 amide bonds. The number of carbonyl (C=O) groups is 1. The molecule has 22 heavy (non-hydrogen) atoms. The van der Waals surface area contributed by atoms with E-state index in [1.807, 2.05) is 17.9 Å². The standard InChI is InChI=1S/C16H26N4O2/c1-13-11-14(17-22-13)15-5-3-8-20(15)16(21)12-19-7-4-6-18(2)9-10-19/h11,15H,3-10,12H2,1-2H3/t15-/m0/s1. The normalized spacial score (nSPS) is 24.6. The van der Waals surface area contributed by atoms with E-state index in [0.717, 1.165) is 63.4 Å². The van der Waals surface area contributed by atoms with Crippen LogP contribution in [0.2, 0.25) is 0 Å².